The van der Waals surface area contributed by atoms with Crippen LogP contribution in [0.4, 0.5) is 8.78 Å². The van der Waals surface area contributed by atoms with Gasteiger partial charge in [-0.1, -0.05) is 15.9 Å². The van der Waals surface area contributed by atoms with Crippen LogP contribution in [-0.2, 0) is 22.5 Å². The van der Waals surface area contributed by atoms with E-state index < -0.39 is 12.4 Å². The lowest BCUT2D eigenvalue weighted by molar-refractivity contribution is -0.142. The van der Waals surface area contributed by atoms with Gasteiger partial charge < -0.3 is 10.5 Å². The monoisotopic (exact) mass is 322 g/mol. The molecule has 0 aliphatic heterocycles. The number of rotatable bonds is 5. The lowest BCUT2D eigenvalue weighted by Crippen LogP contribution is -2.14. The molecule has 1 heterocycles. The zero-order chi connectivity index (χ0) is 13.7. The summed E-state index contributed by atoms with van der Waals surface area (Å²) in [4.78, 5) is 15.1. The van der Waals surface area contributed by atoms with E-state index in [4.69, 9.17) is 10.5 Å². The molecule has 0 radical (unpaired) electrons. The van der Waals surface area contributed by atoms with Crippen LogP contribution in [0.15, 0.2) is 10.5 Å². The summed E-state index contributed by atoms with van der Waals surface area (Å²) in [6, 6.07) is 1.19. The van der Waals surface area contributed by atoms with Crippen LogP contribution in [0.1, 0.15) is 30.3 Å². The van der Waals surface area contributed by atoms with Crippen LogP contribution in [0.3, 0.4) is 0 Å². The minimum Gasteiger partial charge on any atom is -0.466 e. The molecule has 1 rings (SSSR count). The number of halogens is 3. The quantitative estimate of drug-likeness (QED) is 0.845. The normalized spacial score (nSPS) is 10.8. The zero-order valence-corrected chi connectivity index (χ0v) is 11.3. The fraction of sp³-hybridized carbons (Fsp3) is 0.455. The number of nitrogens with zero attached hydrogens (tertiary/aromatic N) is 1. The molecule has 0 aliphatic rings. The van der Waals surface area contributed by atoms with Gasteiger partial charge in [0.05, 0.1) is 18.7 Å². The van der Waals surface area contributed by atoms with E-state index >= 15 is 0 Å². The lowest BCUT2D eigenvalue weighted by atomic mass is 10.1. The minimum absolute atomic E-state index is 0.0199. The molecule has 18 heavy (non-hydrogen) atoms. The van der Waals surface area contributed by atoms with E-state index in [1.165, 1.54) is 6.07 Å². The molecular weight excluding hydrogens is 310 g/mol. The summed E-state index contributed by atoms with van der Waals surface area (Å²) < 4.78 is 30.3. The molecule has 1 aromatic rings. The molecule has 0 unspecified atom stereocenters. The molecule has 100 valence electrons. The maximum absolute atomic E-state index is 12.6. The number of carbonyl (C=O) groups excluding carboxylic acids is 1. The Morgan fingerprint density at radius 3 is 2.78 bits per heavy atom. The molecule has 0 saturated heterocycles. The summed E-state index contributed by atoms with van der Waals surface area (Å²) in [7, 11) is 0. The van der Waals surface area contributed by atoms with Gasteiger partial charge in [-0.3, -0.25) is 9.78 Å². The molecule has 1 aromatic heterocycles. The fourth-order valence-electron chi connectivity index (χ4n) is 1.43. The van der Waals surface area contributed by atoms with Gasteiger partial charge in [0.1, 0.15) is 5.69 Å². The summed E-state index contributed by atoms with van der Waals surface area (Å²) in [6.45, 7) is 1.93. The third kappa shape index (κ3) is 3.71. The molecular formula is C11H13BrF2N2O2. The van der Waals surface area contributed by atoms with E-state index in [0.29, 0.717) is 10.0 Å². The zero-order valence-electron chi connectivity index (χ0n) is 9.75. The highest BCUT2D eigenvalue weighted by molar-refractivity contribution is 9.10. The van der Waals surface area contributed by atoms with Crippen molar-refractivity contribution in [3.8, 4) is 0 Å². The Labute approximate surface area is 112 Å². The van der Waals surface area contributed by atoms with Crippen LogP contribution < -0.4 is 5.73 Å². The third-order valence-corrected chi connectivity index (χ3v) is 2.93. The summed E-state index contributed by atoms with van der Waals surface area (Å²) in [5, 5.41) is 0. The number of alkyl halides is 2. The highest BCUT2D eigenvalue weighted by atomic mass is 79.9. The Bertz CT molecular complexity index is 441. The smallest absolute Gasteiger partial charge is 0.310 e. The Hall–Kier alpha value is -1.08. The maximum atomic E-state index is 12.6. The average Bonchev–Trinajstić information content (AvgIpc) is 2.31. The molecule has 0 amide bonds. The predicted molar refractivity (Wildman–Crippen MR) is 65.1 cm³/mol. The predicted octanol–water partition coefficient (Wildman–Crippen LogP) is 2.35. The van der Waals surface area contributed by atoms with E-state index in [0.717, 1.165) is 0 Å². The van der Waals surface area contributed by atoms with Gasteiger partial charge >= 0.3 is 5.97 Å². The molecule has 0 saturated carbocycles. The van der Waals surface area contributed by atoms with Crippen molar-refractivity contribution in [3.63, 3.8) is 0 Å². The van der Waals surface area contributed by atoms with Crippen LogP contribution in [0.2, 0.25) is 0 Å². The third-order valence-electron chi connectivity index (χ3n) is 2.22. The summed E-state index contributed by atoms with van der Waals surface area (Å²) in [5.41, 5.74) is 5.85. The van der Waals surface area contributed by atoms with Gasteiger partial charge in [0.25, 0.3) is 6.43 Å². The second-order valence-electron chi connectivity index (χ2n) is 3.44. The Morgan fingerprint density at radius 1 is 1.61 bits per heavy atom. The van der Waals surface area contributed by atoms with Crippen molar-refractivity contribution in [1.82, 2.24) is 4.98 Å². The van der Waals surface area contributed by atoms with Crippen molar-refractivity contribution in [2.45, 2.75) is 26.3 Å². The fourth-order valence-corrected chi connectivity index (χ4v) is 2.04. The summed E-state index contributed by atoms with van der Waals surface area (Å²) in [6.07, 6.45) is -2.72. The number of aromatic nitrogens is 1. The van der Waals surface area contributed by atoms with Gasteiger partial charge in [-0.2, -0.15) is 0 Å². The van der Waals surface area contributed by atoms with Crippen LogP contribution in [0.25, 0.3) is 0 Å². The SMILES string of the molecule is CCOC(=O)Cc1c(Br)cc(C(F)F)nc1CN. The van der Waals surface area contributed by atoms with Gasteiger partial charge in [0, 0.05) is 16.6 Å². The van der Waals surface area contributed by atoms with Gasteiger partial charge in [-0.15, -0.1) is 0 Å². The van der Waals surface area contributed by atoms with E-state index in [2.05, 4.69) is 20.9 Å². The van der Waals surface area contributed by atoms with E-state index in [-0.39, 0.29) is 31.0 Å². The van der Waals surface area contributed by atoms with Crippen molar-refractivity contribution in [2.24, 2.45) is 5.73 Å². The first-order valence-corrected chi connectivity index (χ1v) is 6.10. The second-order valence-corrected chi connectivity index (χ2v) is 4.30. The number of hydrogen-bond donors (Lipinski definition) is 1. The minimum atomic E-state index is -2.68. The molecule has 0 atom stereocenters. The topological polar surface area (TPSA) is 65.2 Å². The van der Waals surface area contributed by atoms with Gasteiger partial charge in [0.15, 0.2) is 0 Å². The van der Waals surface area contributed by atoms with Crippen molar-refractivity contribution in [2.75, 3.05) is 6.61 Å². The average molecular weight is 323 g/mol. The second kappa shape index (κ2) is 6.75. The standard InChI is InChI=1S/C11H13BrF2N2O2/c1-2-18-10(17)3-6-7(12)4-8(11(13)14)16-9(6)5-15/h4,11H,2-3,5,15H2,1H3. The highest BCUT2D eigenvalue weighted by Crippen LogP contribution is 2.26. The molecule has 0 aliphatic carbocycles. The van der Waals surface area contributed by atoms with Crippen molar-refractivity contribution < 1.29 is 18.3 Å². The van der Waals surface area contributed by atoms with E-state index in [9.17, 15) is 13.6 Å². The number of hydrogen-bond acceptors (Lipinski definition) is 4. The number of esters is 1. The Kier molecular flexibility index (Phi) is 5.61. The first kappa shape index (κ1) is 15.0. The van der Waals surface area contributed by atoms with Crippen LogP contribution in [-0.4, -0.2) is 17.6 Å². The van der Waals surface area contributed by atoms with Crippen LogP contribution in [0.5, 0.6) is 0 Å². The first-order valence-electron chi connectivity index (χ1n) is 5.31. The molecule has 4 nitrogen and oxygen atoms in total. The van der Waals surface area contributed by atoms with E-state index in [1.807, 2.05) is 0 Å². The summed E-state index contributed by atoms with van der Waals surface area (Å²) in [5.74, 6) is -0.445. The van der Waals surface area contributed by atoms with Gasteiger partial charge in [0.2, 0.25) is 0 Å². The number of ether oxygens (including phenoxy) is 1. The largest absolute Gasteiger partial charge is 0.466 e. The number of nitrogens with two attached hydrogens (primary N) is 1. The highest BCUT2D eigenvalue weighted by Gasteiger charge is 2.18. The lowest BCUT2D eigenvalue weighted by Gasteiger charge is -2.11. The first-order chi connectivity index (χ1) is 8.49. The van der Waals surface area contributed by atoms with Crippen LogP contribution in [0, 0.1) is 0 Å². The molecule has 2 N–H and O–H groups in total. The van der Waals surface area contributed by atoms with Gasteiger partial charge in [-0.05, 0) is 13.0 Å². The molecule has 0 aromatic carbocycles. The molecule has 0 fully saturated rings. The van der Waals surface area contributed by atoms with Crippen molar-refractivity contribution >= 4 is 21.9 Å². The van der Waals surface area contributed by atoms with Crippen LogP contribution >= 0.6 is 15.9 Å². The Morgan fingerprint density at radius 2 is 2.28 bits per heavy atom. The van der Waals surface area contributed by atoms with E-state index in [1.54, 1.807) is 6.92 Å². The van der Waals surface area contributed by atoms with Gasteiger partial charge in [-0.25, -0.2) is 8.78 Å². The Balaban J connectivity index is 3.07. The van der Waals surface area contributed by atoms with Crippen molar-refractivity contribution in [1.29, 1.82) is 0 Å². The van der Waals surface area contributed by atoms with Crippen molar-refractivity contribution in [3.05, 3.63) is 27.5 Å². The molecule has 7 heteroatoms. The number of carbonyl (C=O) groups is 1. The molecule has 0 spiro atoms. The molecule has 0 bridgehead atoms. The summed E-state index contributed by atoms with van der Waals surface area (Å²) >= 11 is 3.15. The maximum Gasteiger partial charge on any atom is 0.310 e. The number of pyridine rings is 1.